The summed E-state index contributed by atoms with van der Waals surface area (Å²) in [5, 5.41) is 6.02. The summed E-state index contributed by atoms with van der Waals surface area (Å²) in [6, 6.07) is 7.65. The summed E-state index contributed by atoms with van der Waals surface area (Å²) in [5.74, 6) is 0.929. The second-order valence-corrected chi connectivity index (χ2v) is 5.20. The summed E-state index contributed by atoms with van der Waals surface area (Å²) in [4.78, 5) is 11.7. The third kappa shape index (κ3) is 4.85. The van der Waals surface area contributed by atoms with Crippen LogP contribution < -0.4 is 15.4 Å². The molecule has 0 bridgehead atoms. The topological polar surface area (TPSA) is 50.4 Å². The van der Waals surface area contributed by atoms with Crippen molar-refractivity contribution in [2.75, 3.05) is 18.4 Å². The van der Waals surface area contributed by atoms with E-state index in [0.29, 0.717) is 19.1 Å². The highest BCUT2D eigenvalue weighted by molar-refractivity contribution is 5.90. The van der Waals surface area contributed by atoms with Crippen LogP contribution in [-0.4, -0.2) is 25.1 Å². The Kier molecular flexibility index (Phi) is 5.87. The zero-order chi connectivity index (χ0) is 14.2. The standard InChI is InChI=1S/C16H24N2O2/c1-2-17-12-11-16(19)18-13-7-9-15(10-8-13)20-14-5-3-4-6-14/h7-10,14,17H,2-6,11-12H2,1H3,(H,18,19). The summed E-state index contributed by atoms with van der Waals surface area (Å²) in [5.41, 5.74) is 0.824. The Morgan fingerprint density at radius 1 is 1.25 bits per heavy atom. The van der Waals surface area contributed by atoms with Gasteiger partial charge in [-0.2, -0.15) is 0 Å². The molecule has 0 heterocycles. The number of rotatable bonds is 7. The first-order valence-corrected chi connectivity index (χ1v) is 7.55. The van der Waals surface area contributed by atoms with Gasteiger partial charge in [0.25, 0.3) is 0 Å². The normalized spacial score (nSPS) is 15.2. The van der Waals surface area contributed by atoms with E-state index in [-0.39, 0.29) is 5.91 Å². The monoisotopic (exact) mass is 276 g/mol. The number of carbonyl (C=O) groups excluding carboxylic acids is 1. The Morgan fingerprint density at radius 3 is 2.60 bits per heavy atom. The molecule has 1 fully saturated rings. The Labute approximate surface area is 120 Å². The minimum Gasteiger partial charge on any atom is -0.490 e. The number of hydrogen-bond donors (Lipinski definition) is 2. The lowest BCUT2D eigenvalue weighted by atomic mass is 10.2. The summed E-state index contributed by atoms with van der Waals surface area (Å²) in [6.07, 6.45) is 5.71. The lowest BCUT2D eigenvalue weighted by Gasteiger charge is -2.13. The summed E-state index contributed by atoms with van der Waals surface area (Å²) >= 11 is 0. The van der Waals surface area contributed by atoms with Gasteiger partial charge in [-0.05, 0) is 56.5 Å². The Bertz CT molecular complexity index is 411. The smallest absolute Gasteiger partial charge is 0.225 e. The minimum absolute atomic E-state index is 0.0374. The van der Waals surface area contributed by atoms with Gasteiger partial charge in [0.2, 0.25) is 5.91 Å². The quantitative estimate of drug-likeness (QED) is 0.753. The first kappa shape index (κ1) is 14.9. The van der Waals surface area contributed by atoms with Crippen LogP contribution in [0.4, 0.5) is 5.69 Å². The molecule has 0 saturated heterocycles. The van der Waals surface area contributed by atoms with Gasteiger partial charge in [0.1, 0.15) is 5.75 Å². The predicted molar refractivity (Wildman–Crippen MR) is 81.1 cm³/mol. The van der Waals surface area contributed by atoms with Crippen molar-refractivity contribution in [3.05, 3.63) is 24.3 Å². The molecule has 0 unspecified atom stereocenters. The van der Waals surface area contributed by atoms with Crippen molar-refractivity contribution in [1.82, 2.24) is 5.32 Å². The number of nitrogens with one attached hydrogen (secondary N) is 2. The molecule has 20 heavy (non-hydrogen) atoms. The van der Waals surface area contributed by atoms with Gasteiger partial charge in [0.15, 0.2) is 0 Å². The average Bonchev–Trinajstić information content (AvgIpc) is 2.94. The average molecular weight is 276 g/mol. The van der Waals surface area contributed by atoms with E-state index in [2.05, 4.69) is 10.6 Å². The van der Waals surface area contributed by atoms with Crippen LogP contribution in [0.3, 0.4) is 0 Å². The molecular formula is C16H24N2O2. The molecule has 1 saturated carbocycles. The Hall–Kier alpha value is -1.55. The van der Waals surface area contributed by atoms with Gasteiger partial charge >= 0.3 is 0 Å². The van der Waals surface area contributed by atoms with Crippen molar-refractivity contribution in [2.24, 2.45) is 0 Å². The number of benzene rings is 1. The number of ether oxygens (including phenoxy) is 1. The fourth-order valence-corrected chi connectivity index (χ4v) is 2.42. The fourth-order valence-electron chi connectivity index (χ4n) is 2.42. The van der Waals surface area contributed by atoms with Gasteiger partial charge in [-0.3, -0.25) is 4.79 Å². The Morgan fingerprint density at radius 2 is 1.95 bits per heavy atom. The van der Waals surface area contributed by atoms with E-state index in [1.807, 2.05) is 31.2 Å². The highest BCUT2D eigenvalue weighted by Gasteiger charge is 2.16. The highest BCUT2D eigenvalue weighted by atomic mass is 16.5. The third-order valence-corrected chi connectivity index (χ3v) is 3.52. The van der Waals surface area contributed by atoms with Crippen LogP contribution in [0.2, 0.25) is 0 Å². The lowest BCUT2D eigenvalue weighted by molar-refractivity contribution is -0.116. The molecular weight excluding hydrogens is 252 g/mol. The van der Waals surface area contributed by atoms with Crippen LogP contribution in [-0.2, 0) is 4.79 Å². The van der Waals surface area contributed by atoms with E-state index in [1.54, 1.807) is 0 Å². The third-order valence-electron chi connectivity index (χ3n) is 3.52. The van der Waals surface area contributed by atoms with Gasteiger partial charge < -0.3 is 15.4 Å². The highest BCUT2D eigenvalue weighted by Crippen LogP contribution is 2.24. The molecule has 0 aliphatic heterocycles. The number of anilines is 1. The predicted octanol–water partition coefficient (Wildman–Crippen LogP) is 2.95. The molecule has 0 aromatic heterocycles. The van der Waals surface area contributed by atoms with Crippen LogP contribution in [0.15, 0.2) is 24.3 Å². The van der Waals surface area contributed by atoms with Gasteiger partial charge in [0, 0.05) is 18.7 Å². The molecule has 0 spiro atoms. The maximum absolute atomic E-state index is 11.7. The van der Waals surface area contributed by atoms with Crippen molar-refractivity contribution < 1.29 is 9.53 Å². The molecule has 1 amide bonds. The second-order valence-electron chi connectivity index (χ2n) is 5.20. The van der Waals surface area contributed by atoms with Crippen LogP contribution in [0.25, 0.3) is 0 Å². The van der Waals surface area contributed by atoms with E-state index >= 15 is 0 Å². The van der Waals surface area contributed by atoms with Gasteiger partial charge in [-0.25, -0.2) is 0 Å². The molecule has 2 rings (SSSR count). The fraction of sp³-hybridized carbons (Fsp3) is 0.562. The van der Waals surface area contributed by atoms with Crippen LogP contribution in [0.1, 0.15) is 39.0 Å². The van der Waals surface area contributed by atoms with Crippen LogP contribution in [0, 0.1) is 0 Å². The number of amides is 1. The summed E-state index contributed by atoms with van der Waals surface area (Å²) in [7, 11) is 0. The summed E-state index contributed by atoms with van der Waals surface area (Å²) in [6.45, 7) is 3.63. The van der Waals surface area contributed by atoms with Gasteiger partial charge in [-0.1, -0.05) is 6.92 Å². The van der Waals surface area contributed by atoms with E-state index < -0.39 is 0 Å². The zero-order valence-electron chi connectivity index (χ0n) is 12.2. The first-order chi connectivity index (χ1) is 9.78. The van der Waals surface area contributed by atoms with Crippen molar-refractivity contribution in [3.8, 4) is 5.75 Å². The van der Waals surface area contributed by atoms with E-state index in [9.17, 15) is 4.79 Å². The van der Waals surface area contributed by atoms with E-state index in [1.165, 1.54) is 12.8 Å². The molecule has 4 nitrogen and oxygen atoms in total. The van der Waals surface area contributed by atoms with Crippen molar-refractivity contribution in [2.45, 2.75) is 45.1 Å². The molecule has 1 aliphatic rings. The molecule has 110 valence electrons. The molecule has 1 aliphatic carbocycles. The SMILES string of the molecule is CCNCCC(=O)Nc1ccc(OC2CCCC2)cc1. The van der Waals surface area contributed by atoms with Gasteiger partial charge in [-0.15, -0.1) is 0 Å². The van der Waals surface area contributed by atoms with Crippen molar-refractivity contribution >= 4 is 11.6 Å². The maximum atomic E-state index is 11.7. The van der Waals surface area contributed by atoms with Crippen molar-refractivity contribution in [3.63, 3.8) is 0 Å². The van der Waals surface area contributed by atoms with E-state index in [0.717, 1.165) is 30.8 Å². The number of hydrogen-bond acceptors (Lipinski definition) is 3. The minimum atomic E-state index is 0.0374. The molecule has 1 aromatic rings. The molecule has 1 aromatic carbocycles. The second kappa shape index (κ2) is 7.90. The molecule has 0 atom stereocenters. The van der Waals surface area contributed by atoms with Crippen LogP contribution in [0.5, 0.6) is 5.75 Å². The van der Waals surface area contributed by atoms with Gasteiger partial charge in [0.05, 0.1) is 6.10 Å². The van der Waals surface area contributed by atoms with Crippen molar-refractivity contribution in [1.29, 1.82) is 0 Å². The number of carbonyl (C=O) groups is 1. The first-order valence-electron chi connectivity index (χ1n) is 7.55. The molecule has 2 N–H and O–H groups in total. The van der Waals surface area contributed by atoms with E-state index in [4.69, 9.17) is 4.74 Å². The summed E-state index contributed by atoms with van der Waals surface area (Å²) < 4.78 is 5.89. The largest absolute Gasteiger partial charge is 0.490 e. The maximum Gasteiger partial charge on any atom is 0.225 e. The molecule has 4 heteroatoms. The lowest BCUT2D eigenvalue weighted by Crippen LogP contribution is -2.21. The Balaban J connectivity index is 1.77. The van der Waals surface area contributed by atoms with Crippen LogP contribution >= 0.6 is 0 Å². The molecule has 0 radical (unpaired) electrons. The zero-order valence-corrected chi connectivity index (χ0v) is 12.2.